The normalized spacial score (nSPS) is 13.7. The largest absolute Gasteiger partial charge is 0.733 e. The van der Waals surface area contributed by atoms with Crippen LogP contribution in [0.5, 0.6) is 0 Å². The van der Waals surface area contributed by atoms with Gasteiger partial charge in [-0.2, -0.15) is 0 Å². The zero-order chi connectivity index (χ0) is 15.5. The number of amides is 2. The maximum absolute atomic E-state index is 12.2. The molecule has 4 N–H and O–H groups in total. The summed E-state index contributed by atoms with van der Waals surface area (Å²) in [7, 11) is 0. The Morgan fingerprint density at radius 3 is 2.40 bits per heavy atom. The van der Waals surface area contributed by atoms with Crippen molar-refractivity contribution in [3.63, 3.8) is 0 Å². The zero-order valence-corrected chi connectivity index (χ0v) is 11.6. The number of anilines is 1. The van der Waals surface area contributed by atoms with E-state index in [9.17, 15) is 14.8 Å². The summed E-state index contributed by atoms with van der Waals surface area (Å²) in [5, 5.41) is 22.1. The molecule has 2 amide bonds. The number of rotatable bonds is 5. The molecule has 1 aromatic rings. The van der Waals surface area contributed by atoms with Crippen molar-refractivity contribution in [2.24, 2.45) is 11.7 Å². The minimum atomic E-state index is -1.26. The average Bonchev–Trinajstić information content (AvgIpc) is 2.37. The highest BCUT2D eigenvalue weighted by atomic mass is 16.8. The third-order valence-electron chi connectivity index (χ3n) is 3.39. The predicted octanol–water partition coefficient (Wildman–Crippen LogP) is 1.01. The lowest BCUT2D eigenvalue weighted by Crippen LogP contribution is -2.58. The van der Waals surface area contributed by atoms with Crippen LogP contribution in [-0.2, 0) is 4.79 Å². The minimum Gasteiger partial charge on any atom is -0.733 e. The summed E-state index contributed by atoms with van der Waals surface area (Å²) < 4.78 is 0. The van der Waals surface area contributed by atoms with Gasteiger partial charge in [0.1, 0.15) is 5.54 Å². The molecule has 1 unspecified atom stereocenters. The van der Waals surface area contributed by atoms with E-state index < -0.39 is 22.6 Å². The van der Waals surface area contributed by atoms with Crippen molar-refractivity contribution in [2.75, 3.05) is 5.23 Å². The maximum atomic E-state index is 12.2. The van der Waals surface area contributed by atoms with E-state index in [1.807, 2.05) is 0 Å². The molecule has 7 nitrogen and oxygen atoms in total. The number of primary amides is 1. The van der Waals surface area contributed by atoms with Crippen LogP contribution in [0.2, 0.25) is 0 Å². The van der Waals surface area contributed by atoms with E-state index in [2.05, 4.69) is 5.32 Å². The van der Waals surface area contributed by atoms with Gasteiger partial charge in [0.05, 0.1) is 11.3 Å². The Kier molecular flexibility index (Phi) is 4.69. The smallest absolute Gasteiger partial charge is 0.254 e. The molecule has 1 atom stereocenters. The maximum Gasteiger partial charge on any atom is 0.254 e. The lowest BCUT2D eigenvalue weighted by atomic mass is 9.87. The molecule has 1 aromatic carbocycles. The molecule has 0 aliphatic heterocycles. The third-order valence-corrected chi connectivity index (χ3v) is 3.39. The molecule has 1 rings (SSSR count). The average molecular weight is 280 g/mol. The molecule has 0 saturated heterocycles. The van der Waals surface area contributed by atoms with Gasteiger partial charge in [0.2, 0.25) is 5.91 Å². The summed E-state index contributed by atoms with van der Waals surface area (Å²) in [4.78, 5) is 23.7. The molecule has 0 radical (unpaired) electrons. The van der Waals surface area contributed by atoms with E-state index in [1.165, 1.54) is 25.1 Å². The first-order chi connectivity index (χ1) is 9.20. The molecular formula is C13H18N3O4-. The van der Waals surface area contributed by atoms with Gasteiger partial charge in [-0.1, -0.05) is 26.0 Å². The van der Waals surface area contributed by atoms with Crippen molar-refractivity contribution < 1.29 is 14.8 Å². The van der Waals surface area contributed by atoms with Gasteiger partial charge in [0, 0.05) is 0 Å². The molecule has 0 fully saturated rings. The van der Waals surface area contributed by atoms with E-state index in [0.717, 1.165) is 0 Å². The molecule has 0 saturated carbocycles. The Hall–Kier alpha value is -2.12. The summed E-state index contributed by atoms with van der Waals surface area (Å²) in [5.41, 5.74) is 3.81. The SMILES string of the molecule is CC(C)C(C)(NC(=O)c1ccccc1N([O-])O)C(N)=O. The topological polar surface area (TPSA) is 119 Å². The van der Waals surface area contributed by atoms with Gasteiger partial charge in [-0.05, 0) is 25.0 Å². The van der Waals surface area contributed by atoms with Crippen molar-refractivity contribution >= 4 is 17.5 Å². The van der Waals surface area contributed by atoms with Crippen LogP contribution in [0, 0.1) is 11.1 Å². The van der Waals surface area contributed by atoms with Crippen LogP contribution >= 0.6 is 0 Å². The van der Waals surface area contributed by atoms with Gasteiger partial charge in [-0.3, -0.25) is 14.8 Å². The highest BCUT2D eigenvalue weighted by molar-refractivity contribution is 6.02. The van der Waals surface area contributed by atoms with Crippen LogP contribution in [0.15, 0.2) is 24.3 Å². The van der Waals surface area contributed by atoms with Crippen LogP contribution in [0.3, 0.4) is 0 Å². The Labute approximate surface area is 116 Å². The van der Waals surface area contributed by atoms with Crippen LogP contribution in [0.1, 0.15) is 31.1 Å². The first-order valence-corrected chi connectivity index (χ1v) is 6.07. The van der Waals surface area contributed by atoms with Crippen molar-refractivity contribution in [1.29, 1.82) is 0 Å². The highest BCUT2D eigenvalue weighted by Gasteiger charge is 2.36. The third kappa shape index (κ3) is 3.06. The summed E-state index contributed by atoms with van der Waals surface area (Å²) in [6.07, 6.45) is 0. The van der Waals surface area contributed by atoms with Gasteiger partial charge in [-0.15, -0.1) is 0 Å². The Morgan fingerprint density at radius 1 is 1.40 bits per heavy atom. The van der Waals surface area contributed by atoms with Crippen LogP contribution in [0.25, 0.3) is 0 Å². The molecule has 0 spiro atoms. The van der Waals surface area contributed by atoms with Crippen molar-refractivity contribution in [3.8, 4) is 0 Å². The van der Waals surface area contributed by atoms with Gasteiger partial charge in [-0.25, -0.2) is 0 Å². The van der Waals surface area contributed by atoms with Crippen molar-refractivity contribution in [3.05, 3.63) is 35.0 Å². The van der Waals surface area contributed by atoms with Gasteiger partial charge >= 0.3 is 0 Å². The van der Waals surface area contributed by atoms with Crippen LogP contribution in [0.4, 0.5) is 5.69 Å². The molecule has 110 valence electrons. The van der Waals surface area contributed by atoms with E-state index in [4.69, 9.17) is 10.9 Å². The summed E-state index contributed by atoms with van der Waals surface area (Å²) >= 11 is 0. The second-order valence-electron chi connectivity index (χ2n) is 4.97. The lowest BCUT2D eigenvalue weighted by Gasteiger charge is -2.32. The number of carbonyl (C=O) groups is 2. The van der Waals surface area contributed by atoms with E-state index in [1.54, 1.807) is 19.9 Å². The molecule has 0 aliphatic carbocycles. The fourth-order valence-electron chi connectivity index (χ4n) is 1.63. The second kappa shape index (κ2) is 5.89. The molecule has 20 heavy (non-hydrogen) atoms. The predicted molar refractivity (Wildman–Crippen MR) is 74.0 cm³/mol. The summed E-state index contributed by atoms with van der Waals surface area (Å²) in [6.45, 7) is 4.99. The standard InChI is InChI=1S/C13H18N3O4/c1-8(2)13(3,12(14)18)15-11(17)9-6-4-5-7-10(9)16(19)20/h4-8,19H,1-3H3,(H2,14,18)(H,15,17)/q-1. The van der Waals surface area contributed by atoms with E-state index in [-0.39, 0.29) is 17.2 Å². The number of hydrogen-bond acceptors (Lipinski definition) is 5. The quantitative estimate of drug-likeness (QED) is 0.695. The lowest BCUT2D eigenvalue weighted by molar-refractivity contribution is -0.125. The number of nitrogens with zero attached hydrogens (tertiary/aromatic N) is 1. The number of para-hydroxylation sites is 1. The Morgan fingerprint density at radius 2 is 1.95 bits per heavy atom. The van der Waals surface area contributed by atoms with E-state index >= 15 is 0 Å². The monoisotopic (exact) mass is 280 g/mol. The molecule has 7 heteroatoms. The zero-order valence-electron chi connectivity index (χ0n) is 11.6. The molecule has 0 bridgehead atoms. The first kappa shape index (κ1) is 15.9. The molecule has 0 aromatic heterocycles. The Balaban J connectivity index is 3.11. The summed E-state index contributed by atoms with van der Waals surface area (Å²) in [5.74, 6) is -1.58. The van der Waals surface area contributed by atoms with Gasteiger partial charge in [0.15, 0.2) is 0 Å². The molecule has 0 heterocycles. The second-order valence-corrected chi connectivity index (χ2v) is 4.97. The fourth-order valence-corrected chi connectivity index (χ4v) is 1.63. The molecule has 0 aliphatic rings. The number of benzene rings is 1. The fraction of sp³-hybridized carbons (Fsp3) is 0.385. The first-order valence-electron chi connectivity index (χ1n) is 6.07. The van der Waals surface area contributed by atoms with E-state index in [0.29, 0.717) is 0 Å². The Bertz CT molecular complexity index is 516. The van der Waals surface area contributed by atoms with Crippen LogP contribution < -0.4 is 16.3 Å². The number of nitrogens with one attached hydrogen (secondary N) is 1. The minimum absolute atomic E-state index is 0.0434. The number of carbonyl (C=O) groups excluding carboxylic acids is 2. The molecular weight excluding hydrogens is 262 g/mol. The van der Waals surface area contributed by atoms with Crippen LogP contribution in [-0.4, -0.2) is 22.6 Å². The highest BCUT2D eigenvalue weighted by Crippen LogP contribution is 2.21. The number of hydrogen-bond donors (Lipinski definition) is 3. The van der Waals surface area contributed by atoms with Gasteiger partial charge < -0.3 is 21.5 Å². The van der Waals surface area contributed by atoms with Gasteiger partial charge in [0.25, 0.3) is 5.91 Å². The van der Waals surface area contributed by atoms with Crippen molar-refractivity contribution in [1.82, 2.24) is 5.32 Å². The van der Waals surface area contributed by atoms with Crippen molar-refractivity contribution in [2.45, 2.75) is 26.3 Å². The summed E-state index contributed by atoms with van der Waals surface area (Å²) in [6, 6.07) is 5.70. The number of nitrogens with two attached hydrogens (primary N) is 1.